The van der Waals surface area contributed by atoms with E-state index in [1.54, 1.807) is 30.3 Å². The number of carbonyl (C=O) groups excluding carboxylic acids is 1. The summed E-state index contributed by atoms with van der Waals surface area (Å²) in [5, 5.41) is 10.0. The quantitative estimate of drug-likeness (QED) is 0.910. The van der Waals surface area contributed by atoms with Gasteiger partial charge in [-0.15, -0.1) is 0 Å². The molecule has 2 atom stereocenters. The minimum atomic E-state index is -4.59. The number of hydrogen-bond acceptors (Lipinski definition) is 4. The zero-order chi connectivity index (χ0) is 17.3. The first kappa shape index (κ1) is 16.4. The van der Waals surface area contributed by atoms with E-state index >= 15 is 0 Å². The molecule has 0 radical (unpaired) electrons. The summed E-state index contributed by atoms with van der Waals surface area (Å²) in [6.07, 6.45) is -5.73. The van der Waals surface area contributed by atoms with Crippen LogP contribution in [0.2, 0.25) is 0 Å². The Hall–Kier alpha value is -2.42. The molecule has 9 heteroatoms. The number of aromatic amines is 1. The van der Waals surface area contributed by atoms with Crippen LogP contribution in [0.5, 0.6) is 0 Å². The van der Waals surface area contributed by atoms with Crippen molar-refractivity contribution in [2.45, 2.75) is 25.2 Å². The lowest BCUT2D eigenvalue weighted by Gasteiger charge is -2.40. The lowest BCUT2D eigenvalue weighted by Crippen LogP contribution is -2.59. The summed E-state index contributed by atoms with van der Waals surface area (Å²) in [4.78, 5) is 13.5. The standard InChI is InChI=1S/C15H15F3N4O2/c1-9-13(15(16,17)18)22(7-8-24-9)14(23)12-11(19-21-20-12)10-5-3-2-4-6-10/h2-6,9,13H,7-8H2,1H3,(H,19,20,21)/t9-,13-/m0/s1. The van der Waals surface area contributed by atoms with Crippen LogP contribution in [-0.4, -0.2) is 57.7 Å². The fourth-order valence-corrected chi connectivity index (χ4v) is 2.80. The summed E-state index contributed by atoms with van der Waals surface area (Å²) in [7, 11) is 0. The summed E-state index contributed by atoms with van der Waals surface area (Å²) in [6, 6.07) is 6.67. The highest BCUT2D eigenvalue weighted by atomic mass is 19.4. The van der Waals surface area contributed by atoms with Crippen LogP contribution in [0.4, 0.5) is 13.2 Å². The van der Waals surface area contributed by atoms with Crippen molar-refractivity contribution in [2.24, 2.45) is 0 Å². The molecule has 3 rings (SSSR count). The van der Waals surface area contributed by atoms with Gasteiger partial charge in [0, 0.05) is 12.1 Å². The Bertz CT molecular complexity index is 717. The number of benzene rings is 1. The van der Waals surface area contributed by atoms with Crippen molar-refractivity contribution in [3.05, 3.63) is 36.0 Å². The van der Waals surface area contributed by atoms with E-state index in [0.29, 0.717) is 5.56 Å². The van der Waals surface area contributed by atoms with Crippen LogP contribution >= 0.6 is 0 Å². The number of nitrogens with one attached hydrogen (secondary N) is 1. The van der Waals surface area contributed by atoms with E-state index in [2.05, 4.69) is 15.4 Å². The molecule has 2 aromatic rings. The third-order valence-electron chi connectivity index (χ3n) is 3.89. The fourth-order valence-electron chi connectivity index (χ4n) is 2.80. The molecule has 6 nitrogen and oxygen atoms in total. The fraction of sp³-hybridized carbons (Fsp3) is 0.400. The van der Waals surface area contributed by atoms with Gasteiger partial charge in [0.2, 0.25) is 0 Å². The summed E-state index contributed by atoms with van der Waals surface area (Å²) in [5.74, 6) is -0.819. The van der Waals surface area contributed by atoms with Gasteiger partial charge in [0.25, 0.3) is 5.91 Å². The topological polar surface area (TPSA) is 71.1 Å². The normalized spacial score (nSPS) is 21.8. The number of amides is 1. The average molecular weight is 340 g/mol. The molecular formula is C15H15F3N4O2. The molecule has 0 bridgehead atoms. The van der Waals surface area contributed by atoms with Gasteiger partial charge in [-0.2, -0.15) is 28.6 Å². The van der Waals surface area contributed by atoms with Gasteiger partial charge < -0.3 is 9.64 Å². The number of alkyl halides is 3. The molecule has 2 heterocycles. The molecule has 1 amide bonds. The zero-order valence-electron chi connectivity index (χ0n) is 12.7. The minimum Gasteiger partial charge on any atom is -0.374 e. The van der Waals surface area contributed by atoms with Gasteiger partial charge in [0.05, 0.1) is 12.7 Å². The SMILES string of the molecule is C[C@@H]1OCCN(C(=O)c2n[nH]nc2-c2ccccc2)[C@@H]1C(F)(F)F. The molecule has 1 aliphatic rings. The van der Waals surface area contributed by atoms with E-state index in [4.69, 9.17) is 4.74 Å². The highest BCUT2D eigenvalue weighted by Crippen LogP contribution is 2.32. The molecule has 1 aromatic heterocycles. The number of halogens is 3. The summed E-state index contributed by atoms with van der Waals surface area (Å²) < 4.78 is 45.1. The van der Waals surface area contributed by atoms with Gasteiger partial charge in [-0.25, -0.2) is 0 Å². The number of carbonyl (C=O) groups is 1. The van der Waals surface area contributed by atoms with Crippen LogP contribution < -0.4 is 0 Å². The largest absolute Gasteiger partial charge is 0.411 e. The van der Waals surface area contributed by atoms with Crippen molar-refractivity contribution < 1.29 is 22.7 Å². The molecule has 128 valence electrons. The molecule has 0 spiro atoms. The van der Waals surface area contributed by atoms with Crippen molar-refractivity contribution in [3.8, 4) is 11.3 Å². The van der Waals surface area contributed by atoms with Crippen molar-refractivity contribution in [3.63, 3.8) is 0 Å². The molecule has 0 unspecified atom stereocenters. The van der Waals surface area contributed by atoms with Crippen LogP contribution in [0.1, 0.15) is 17.4 Å². The van der Waals surface area contributed by atoms with Crippen LogP contribution in [0.3, 0.4) is 0 Å². The van der Waals surface area contributed by atoms with E-state index in [9.17, 15) is 18.0 Å². The highest BCUT2D eigenvalue weighted by Gasteiger charge is 2.51. The Labute approximate surface area is 135 Å². The van der Waals surface area contributed by atoms with Gasteiger partial charge in [0.15, 0.2) is 11.7 Å². The lowest BCUT2D eigenvalue weighted by atomic mass is 10.1. The van der Waals surface area contributed by atoms with E-state index in [1.807, 2.05) is 0 Å². The Balaban J connectivity index is 1.96. The predicted octanol–water partition coefficient (Wildman–Crippen LogP) is 2.26. The molecule has 1 fully saturated rings. The zero-order valence-corrected chi connectivity index (χ0v) is 12.7. The molecule has 1 N–H and O–H groups in total. The Kier molecular flexibility index (Phi) is 4.27. The predicted molar refractivity (Wildman–Crippen MR) is 78.1 cm³/mol. The summed E-state index contributed by atoms with van der Waals surface area (Å²) in [6.45, 7) is 1.19. The average Bonchev–Trinajstić information content (AvgIpc) is 3.03. The van der Waals surface area contributed by atoms with Crippen molar-refractivity contribution >= 4 is 5.91 Å². The Morgan fingerprint density at radius 2 is 2.00 bits per heavy atom. The second kappa shape index (κ2) is 6.23. The lowest BCUT2D eigenvalue weighted by molar-refractivity contribution is -0.220. The second-order valence-electron chi connectivity index (χ2n) is 5.45. The first-order chi connectivity index (χ1) is 11.4. The number of rotatable bonds is 2. The number of nitrogens with zero attached hydrogens (tertiary/aromatic N) is 3. The van der Waals surface area contributed by atoms with Crippen molar-refractivity contribution in [2.75, 3.05) is 13.2 Å². The van der Waals surface area contributed by atoms with Crippen molar-refractivity contribution in [1.82, 2.24) is 20.3 Å². The maximum Gasteiger partial charge on any atom is 0.411 e. The summed E-state index contributed by atoms with van der Waals surface area (Å²) in [5.41, 5.74) is 0.685. The molecule has 24 heavy (non-hydrogen) atoms. The number of ether oxygens (including phenoxy) is 1. The monoisotopic (exact) mass is 340 g/mol. The van der Waals surface area contributed by atoms with Crippen molar-refractivity contribution in [1.29, 1.82) is 0 Å². The molecule has 1 aliphatic heterocycles. The number of H-pyrrole nitrogens is 1. The first-order valence-corrected chi connectivity index (χ1v) is 7.35. The Morgan fingerprint density at radius 3 is 2.67 bits per heavy atom. The van der Waals surface area contributed by atoms with Crippen LogP contribution in [0, 0.1) is 0 Å². The van der Waals surface area contributed by atoms with E-state index in [1.165, 1.54) is 6.92 Å². The van der Waals surface area contributed by atoms with E-state index in [0.717, 1.165) is 4.90 Å². The highest BCUT2D eigenvalue weighted by molar-refractivity contribution is 5.98. The van der Waals surface area contributed by atoms with Crippen LogP contribution in [0.15, 0.2) is 30.3 Å². The summed E-state index contributed by atoms with van der Waals surface area (Å²) >= 11 is 0. The Morgan fingerprint density at radius 1 is 1.29 bits per heavy atom. The third-order valence-corrected chi connectivity index (χ3v) is 3.89. The van der Waals surface area contributed by atoms with Gasteiger partial charge in [-0.05, 0) is 6.92 Å². The molecule has 0 aliphatic carbocycles. The van der Waals surface area contributed by atoms with Crippen LogP contribution in [0.25, 0.3) is 11.3 Å². The van der Waals surface area contributed by atoms with Gasteiger partial charge >= 0.3 is 6.18 Å². The maximum absolute atomic E-state index is 13.3. The van der Waals surface area contributed by atoms with E-state index in [-0.39, 0.29) is 24.5 Å². The van der Waals surface area contributed by atoms with Gasteiger partial charge in [-0.1, -0.05) is 30.3 Å². The number of morpholine rings is 1. The number of aromatic nitrogens is 3. The van der Waals surface area contributed by atoms with Gasteiger partial charge in [-0.3, -0.25) is 4.79 Å². The molecule has 0 saturated carbocycles. The second-order valence-corrected chi connectivity index (χ2v) is 5.45. The first-order valence-electron chi connectivity index (χ1n) is 7.35. The van der Waals surface area contributed by atoms with Gasteiger partial charge in [0.1, 0.15) is 5.69 Å². The minimum absolute atomic E-state index is 0.0397. The number of hydrogen-bond donors (Lipinski definition) is 1. The smallest absolute Gasteiger partial charge is 0.374 e. The molecule has 1 saturated heterocycles. The van der Waals surface area contributed by atoms with Crippen LogP contribution in [-0.2, 0) is 4.74 Å². The molecule has 1 aromatic carbocycles. The third kappa shape index (κ3) is 2.99. The maximum atomic E-state index is 13.3. The van der Waals surface area contributed by atoms with E-state index < -0.39 is 24.2 Å². The molecular weight excluding hydrogens is 325 g/mol.